The molecule has 0 aromatic heterocycles. The zero-order valence-electron chi connectivity index (χ0n) is 12.3. The molecular weight excluding hydrogens is 226 g/mol. The molecule has 0 saturated heterocycles. The molecule has 1 aliphatic carbocycles. The van der Waals surface area contributed by atoms with E-state index in [1.807, 2.05) is 0 Å². The Balaban J connectivity index is 2.67. The summed E-state index contributed by atoms with van der Waals surface area (Å²) in [6.45, 7) is 8.22. The smallest absolute Gasteiger partial charge is 0.0147 e. The Hall–Kier alpha value is 0.310. The Morgan fingerprint density at radius 1 is 1.12 bits per heavy atom. The molecule has 1 nitrogen and oxygen atoms in total. The van der Waals surface area contributed by atoms with Gasteiger partial charge in [-0.25, -0.2) is 0 Å². The maximum absolute atomic E-state index is 4.67. The van der Waals surface area contributed by atoms with E-state index < -0.39 is 0 Å². The van der Waals surface area contributed by atoms with Gasteiger partial charge < -0.3 is 4.90 Å². The van der Waals surface area contributed by atoms with Crippen LogP contribution in [-0.2, 0) is 0 Å². The fourth-order valence-electron chi connectivity index (χ4n) is 2.83. The molecule has 0 unspecified atom stereocenters. The lowest BCUT2D eigenvalue weighted by atomic mass is 9.80. The molecule has 0 atom stereocenters. The van der Waals surface area contributed by atoms with Gasteiger partial charge in [0, 0.05) is 12.1 Å². The third kappa shape index (κ3) is 4.17. The summed E-state index contributed by atoms with van der Waals surface area (Å²) in [4.78, 5) is 2.56. The Morgan fingerprint density at radius 3 is 2.06 bits per heavy atom. The predicted octanol–water partition coefficient (Wildman–Crippen LogP) is 4.38. The van der Waals surface area contributed by atoms with Gasteiger partial charge in [-0.3, -0.25) is 0 Å². The normalized spacial score (nSPS) is 21.5. The van der Waals surface area contributed by atoms with Gasteiger partial charge in [0.05, 0.1) is 0 Å². The van der Waals surface area contributed by atoms with E-state index in [0.29, 0.717) is 11.0 Å². The summed E-state index contributed by atoms with van der Waals surface area (Å²) in [5, 5.41) is 0. The largest absolute Gasteiger partial charge is 0.301 e. The van der Waals surface area contributed by atoms with E-state index in [4.69, 9.17) is 0 Å². The average Bonchev–Trinajstić information content (AvgIpc) is 2.55. The summed E-state index contributed by atoms with van der Waals surface area (Å²) < 4.78 is 0. The van der Waals surface area contributed by atoms with Crippen LogP contribution in [0.2, 0.25) is 0 Å². The lowest BCUT2D eigenvalue weighted by Gasteiger charge is -2.42. The van der Waals surface area contributed by atoms with E-state index in [1.165, 1.54) is 51.5 Å². The van der Waals surface area contributed by atoms with E-state index in [0.717, 1.165) is 5.75 Å². The Kier molecular flexibility index (Phi) is 5.85. The lowest BCUT2D eigenvalue weighted by Crippen LogP contribution is -2.47. The summed E-state index contributed by atoms with van der Waals surface area (Å²) in [5.41, 5.74) is 0.795. The predicted molar refractivity (Wildman–Crippen MR) is 81.0 cm³/mol. The Bertz CT molecular complexity index is 217. The van der Waals surface area contributed by atoms with Crippen LogP contribution in [-0.4, -0.2) is 29.8 Å². The number of rotatable bonds is 5. The zero-order valence-corrected chi connectivity index (χ0v) is 13.2. The van der Waals surface area contributed by atoms with E-state index >= 15 is 0 Å². The van der Waals surface area contributed by atoms with Crippen LogP contribution < -0.4 is 0 Å². The van der Waals surface area contributed by atoms with Gasteiger partial charge >= 0.3 is 0 Å². The van der Waals surface area contributed by atoms with Gasteiger partial charge in [-0.05, 0) is 51.3 Å². The van der Waals surface area contributed by atoms with Crippen molar-refractivity contribution in [3.8, 4) is 0 Å². The summed E-state index contributed by atoms with van der Waals surface area (Å²) in [5.74, 6) is 1.05. The summed E-state index contributed by atoms with van der Waals surface area (Å²) in [7, 11) is 2.29. The minimum Gasteiger partial charge on any atom is -0.301 e. The first-order valence-corrected chi connectivity index (χ1v) is 7.91. The van der Waals surface area contributed by atoms with Gasteiger partial charge in [0.1, 0.15) is 0 Å². The van der Waals surface area contributed by atoms with Crippen molar-refractivity contribution in [3.63, 3.8) is 0 Å². The van der Waals surface area contributed by atoms with Gasteiger partial charge in [0.25, 0.3) is 0 Å². The second kappa shape index (κ2) is 6.47. The lowest BCUT2D eigenvalue weighted by molar-refractivity contribution is 0.0839. The van der Waals surface area contributed by atoms with Gasteiger partial charge in [-0.2, -0.15) is 12.6 Å². The molecule has 102 valence electrons. The minimum absolute atomic E-state index is 0.322. The molecule has 0 aromatic carbocycles. The van der Waals surface area contributed by atoms with E-state index in [1.54, 1.807) is 0 Å². The molecule has 0 bridgehead atoms. The van der Waals surface area contributed by atoms with Crippen LogP contribution in [0.25, 0.3) is 0 Å². The highest BCUT2D eigenvalue weighted by Gasteiger charge is 2.34. The number of nitrogens with zero attached hydrogens (tertiary/aromatic N) is 1. The van der Waals surface area contributed by atoms with Crippen molar-refractivity contribution in [1.29, 1.82) is 0 Å². The molecule has 0 amide bonds. The molecule has 1 fully saturated rings. The topological polar surface area (TPSA) is 3.24 Å². The molecule has 2 heteroatoms. The van der Waals surface area contributed by atoms with Crippen LogP contribution in [0.3, 0.4) is 0 Å². The number of thiol groups is 1. The van der Waals surface area contributed by atoms with Crippen LogP contribution in [0, 0.1) is 5.41 Å². The molecular formula is C15H31NS. The second-order valence-corrected chi connectivity index (χ2v) is 6.91. The highest BCUT2D eigenvalue weighted by atomic mass is 32.1. The first-order chi connectivity index (χ1) is 7.96. The summed E-state index contributed by atoms with van der Waals surface area (Å²) in [6.07, 6.45) is 9.63. The maximum atomic E-state index is 4.67. The van der Waals surface area contributed by atoms with Crippen molar-refractivity contribution in [2.45, 2.75) is 71.3 Å². The molecule has 0 aromatic rings. The van der Waals surface area contributed by atoms with Crippen LogP contribution in [0.15, 0.2) is 0 Å². The van der Waals surface area contributed by atoms with Crippen LogP contribution in [0.1, 0.15) is 65.7 Å². The van der Waals surface area contributed by atoms with Crippen molar-refractivity contribution in [1.82, 2.24) is 4.90 Å². The highest BCUT2D eigenvalue weighted by molar-refractivity contribution is 7.80. The van der Waals surface area contributed by atoms with Crippen molar-refractivity contribution in [2.24, 2.45) is 5.41 Å². The van der Waals surface area contributed by atoms with Crippen molar-refractivity contribution >= 4 is 12.6 Å². The SMILES string of the molecule is CCC(C)(C)N(C)CC1(CS)CCCCCC1. The first-order valence-electron chi connectivity index (χ1n) is 7.28. The van der Waals surface area contributed by atoms with Crippen LogP contribution >= 0.6 is 12.6 Å². The third-order valence-corrected chi connectivity index (χ3v) is 5.64. The number of hydrogen-bond acceptors (Lipinski definition) is 2. The van der Waals surface area contributed by atoms with Crippen LogP contribution in [0.4, 0.5) is 0 Å². The summed E-state index contributed by atoms with van der Waals surface area (Å²) >= 11 is 4.67. The molecule has 0 heterocycles. The van der Waals surface area contributed by atoms with E-state index in [-0.39, 0.29) is 0 Å². The standard InChI is InChI=1S/C15H31NS/c1-5-14(2,3)16(4)12-15(13-17)10-8-6-7-9-11-15/h17H,5-13H2,1-4H3. The number of hydrogen-bond donors (Lipinski definition) is 1. The molecule has 1 aliphatic rings. The quantitative estimate of drug-likeness (QED) is 0.565. The van der Waals surface area contributed by atoms with Gasteiger partial charge in [-0.1, -0.05) is 32.6 Å². The first kappa shape index (κ1) is 15.4. The molecule has 0 aliphatic heterocycles. The molecule has 17 heavy (non-hydrogen) atoms. The van der Waals surface area contributed by atoms with Crippen molar-refractivity contribution in [3.05, 3.63) is 0 Å². The zero-order chi connectivity index (χ0) is 12.9. The highest BCUT2D eigenvalue weighted by Crippen LogP contribution is 2.38. The van der Waals surface area contributed by atoms with Gasteiger partial charge in [0.15, 0.2) is 0 Å². The second-order valence-electron chi connectivity index (χ2n) is 6.59. The van der Waals surface area contributed by atoms with Crippen molar-refractivity contribution in [2.75, 3.05) is 19.3 Å². The minimum atomic E-state index is 0.322. The fourth-order valence-corrected chi connectivity index (χ4v) is 3.25. The molecule has 1 saturated carbocycles. The molecule has 1 rings (SSSR count). The van der Waals surface area contributed by atoms with E-state index in [2.05, 4.69) is 45.3 Å². The van der Waals surface area contributed by atoms with Crippen LogP contribution in [0.5, 0.6) is 0 Å². The van der Waals surface area contributed by atoms with Crippen molar-refractivity contribution < 1.29 is 0 Å². The van der Waals surface area contributed by atoms with Gasteiger partial charge in [0.2, 0.25) is 0 Å². The third-order valence-electron chi connectivity index (χ3n) is 4.97. The molecule has 0 spiro atoms. The maximum Gasteiger partial charge on any atom is 0.0147 e. The molecule has 0 radical (unpaired) electrons. The summed E-state index contributed by atoms with van der Waals surface area (Å²) in [6, 6.07) is 0. The molecule has 0 N–H and O–H groups in total. The van der Waals surface area contributed by atoms with Gasteiger partial charge in [-0.15, -0.1) is 0 Å². The Labute approximate surface area is 114 Å². The fraction of sp³-hybridized carbons (Fsp3) is 1.00. The Morgan fingerprint density at radius 2 is 1.65 bits per heavy atom. The van der Waals surface area contributed by atoms with E-state index in [9.17, 15) is 0 Å². The monoisotopic (exact) mass is 257 g/mol. The average molecular weight is 257 g/mol.